The minimum absolute atomic E-state index is 0.234. The van der Waals surface area contributed by atoms with E-state index in [4.69, 9.17) is 0 Å². The summed E-state index contributed by atoms with van der Waals surface area (Å²) >= 11 is 0. The molecule has 2 aromatic carbocycles. The molecule has 0 aromatic heterocycles. The van der Waals surface area contributed by atoms with E-state index in [1.807, 2.05) is 24.3 Å². The van der Waals surface area contributed by atoms with Gasteiger partial charge in [-0.1, -0.05) is 30.3 Å². The first kappa shape index (κ1) is 11.2. The number of carbonyl (C=O) groups is 2. The van der Waals surface area contributed by atoms with Crippen LogP contribution < -0.4 is 5.01 Å². The summed E-state index contributed by atoms with van der Waals surface area (Å²) in [6.07, 6.45) is 0.851. The summed E-state index contributed by atoms with van der Waals surface area (Å²) in [6.45, 7) is 0.658. The maximum Gasteiger partial charge on any atom is 0.280 e. The van der Waals surface area contributed by atoms with Gasteiger partial charge in [0.2, 0.25) is 0 Å². The van der Waals surface area contributed by atoms with Crippen molar-refractivity contribution in [3.05, 3.63) is 65.2 Å². The van der Waals surface area contributed by atoms with Gasteiger partial charge < -0.3 is 0 Å². The summed E-state index contributed by atoms with van der Waals surface area (Å²) in [4.78, 5) is 24.9. The first-order valence-corrected chi connectivity index (χ1v) is 6.60. The highest BCUT2D eigenvalue weighted by atomic mass is 16.2. The maximum absolute atomic E-state index is 12.5. The van der Waals surface area contributed by atoms with Crippen molar-refractivity contribution in [3.63, 3.8) is 0 Å². The van der Waals surface area contributed by atoms with Crippen LogP contribution in [-0.4, -0.2) is 23.4 Å². The Morgan fingerprint density at radius 2 is 1.40 bits per heavy atom. The van der Waals surface area contributed by atoms with Gasteiger partial charge in [0, 0.05) is 6.54 Å². The molecule has 2 heterocycles. The van der Waals surface area contributed by atoms with Crippen LogP contribution in [0.3, 0.4) is 0 Å². The molecule has 0 N–H and O–H groups in total. The van der Waals surface area contributed by atoms with Crippen LogP contribution in [0.15, 0.2) is 48.5 Å². The minimum atomic E-state index is -0.234. The van der Waals surface area contributed by atoms with Crippen LogP contribution in [0.1, 0.15) is 26.3 Å². The van der Waals surface area contributed by atoms with Gasteiger partial charge in [-0.05, 0) is 30.2 Å². The standard InChI is InChI=1S/C16H12N2O2/c19-15-12-6-2-3-7-13(12)16(20)18(15)17-10-9-11-5-1-4-8-14(11)17/h1-8H,9-10H2. The number of hydrazine groups is 1. The molecule has 20 heavy (non-hydrogen) atoms. The van der Waals surface area contributed by atoms with E-state index < -0.39 is 0 Å². The van der Waals surface area contributed by atoms with Crippen LogP contribution in [-0.2, 0) is 6.42 Å². The second-order valence-electron chi connectivity index (χ2n) is 4.97. The van der Waals surface area contributed by atoms with Gasteiger partial charge in [0.1, 0.15) is 0 Å². The zero-order chi connectivity index (χ0) is 13.7. The summed E-state index contributed by atoms with van der Waals surface area (Å²) in [6, 6.07) is 14.9. The number of anilines is 1. The molecule has 0 radical (unpaired) electrons. The van der Waals surface area contributed by atoms with Crippen LogP contribution in [0.5, 0.6) is 0 Å². The molecule has 0 bridgehead atoms. The van der Waals surface area contributed by atoms with E-state index in [9.17, 15) is 9.59 Å². The lowest BCUT2D eigenvalue weighted by atomic mass is 10.1. The van der Waals surface area contributed by atoms with Gasteiger partial charge in [-0.25, -0.2) is 0 Å². The normalized spacial score (nSPS) is 16.6. The van der Waals surface area contributed by atoms with Crippen molar-refractivity contribution in [1.29, 1.82) is 0 Å². The fourth-order valence-corrected chi connectivity index (χ4v) is 2.92. The van der Waals surface area contributed by atoms with Gasteiger partial charge in [0.25, 0.3) is 11.8 Å². The predicted octanol–water partition coefficient (Wildman–Crippen LogP) is 2.26. The molecular weight excluding hydrogens is 252 g/mol. The van der Waals surface area contributed by atoms with Crippen LogP contribution in [0.2, 0.25) is 0 Å². The lowest BCUT2D eigenvalue weighted by molar-refractivity contribution is 0.0638. The molecule has 0 fully saturated rings. The number of hydrogen-bond donors (Lipinski definition) is 0. The molecule has 0 saturated heterocycles. The number of carbonyl (C=O) groups excluding carboxylic acids is 2. The molecule has 4 heteroatoms. The van der Waals surface area contributed by atoms with Crippen molar-refractivity contribution in [2.75, 3.05) is 11.6 Å². The van der Waals surface area contributed by atoms with Crippen molar-refractivity contribution in [3.8, 4) is 0 Å². The van der Waals surface area contributed by atoms with Crippen LogP contribution in [0, 0.1) is 0 Å². The summed E-state index contributed by atoms with van der Waals surface area (Å²) in [5.41, 5.74) is 3.09. The summed E-state index contributed by atoms with van der Waals surface area (Å²) in [5, 5.41) is 3.07. The Balaban J connectivity index is 1.79. The highest BCUT2D eigenvalue weighted by molar-refractivity contribution is 6.22. The molecular formula is C16H12N2O2. The molecule has 0 saturated carbocycles. The smallest absolute Gasteiger partial charge is 0.275 e. The monoisotopic (exact) mass is 264 g/mol. The number of fused-ring (bicyclic) bond motifs is 2. The topological polar surface area (TPSA) is 40.6 Å². The Bertz CT molecular complexity index is 704. The zero-order valence-electron chi connectivity index (χ0n) is 10.7. The molecule has 4 nitrogen and oxygen atoms in total. The molecule has 0 atom stereocenters. The Morgan fingerprint density at radius 1 is 0.800 bits per heavy atom. The molecule has 2 aromatic rings. The SMILES string of the molecule is O=C1c2ccccc2C(=O)N1N1CCc2ccccc21. The molecule has 0 unspecified atom stereocenters. The summed E-state index contributed by atoms with van der Waals surface area (Å²) < 4.78 is 0. The minimum Gasteiger partial charge on any atom is -0.275 e. The van der Waals surface area contributed by atoms with E-state index in [2.05, 4.69) is 0 Å². The Kier molecular flexibility index (Phi) is 2.21. The van der Waals surface area contributed by atoms with Gasteiger partial charge in [-0.3, -0.25) is 14.6 Å². The van der Waals surface area contributed by atoms with Gasteiger partial charge in [0.05, 0.1) is 16.8 Å². The highest BCUT2D eigenvalue weighted by Crippen LogP contribution is 2.33. The number of imide groups is 1. The van der Waals surface area contributed by atoms with Crippen molar-refractivity contribution < 1.29 is 9.59 Å². The number of hydrogen-bond acceptors (Lipinski definition) is 3. The lowest BCUT2D eigenvalue weighted by Crippen LogP contribution is -2.45. The fourth-order valence-electron chi connectivity index (χ4n) is 2.92. The van der Waals surface area contributed by atoms with E-state index >= 15 is 0 Å². The Morgan fingerprint density at radius 3 is 2.10 bits per heavy atom. The third-order valence-corrected chi connectivity index (χ3v) is 3.88. The molecule has 98 valence electrons. The largest absolute Gasteiger partial charge is 0.280 e. The van der Waals surface area contributed by atoms with Gasteiger partial charge in [-0.2, -0.15) is 5.01 Å². The quantitative estimate of drug-likeness (QED) is 0.742. The highest BCUT2D eigenvalue weighted by Gasteiger charge is 2.41. The number of rotatable bonds is 1. The van der Waals surface area contributed by atoms with E-state index in [0.717, 1.165) is 12.1 Å². The average Bonchev–Trinajstić information content (AvgIpc) is 3.01. The first-order chi connectivity index (χ1) is 9.77. The van der Waals surface area contributed by atoms with Crippen molar-refractivity contribution in [1.82, 2.24) is 5.01 Å². The molecule has 2 aliphatic heterocycles. The lowest BCUT2D eigenvalue weighted by Gasteiger charge is -2.28. The molecule has 0 spiro atoms. The third kappa shape index (κ3) is 1.36. The predicted molar refractivity (Wildman–Crippen MR) is 74.4 cm³/mol. The van der Waals surface area contributed by atoms with Crippen LogP contribution in [0.25, 0.3) is 0 Å². The molecule has 2 amide bonds. The first-order valence-electron chi connectivity index (χ1n) is 6.60. The molecule has 2 aliphatic rings. The molecule has 4 rings (SSSR count). The van der Waals surface area contributed by atoms with Gasteiger partial charge >= 0.3 is 0 Å². The number of nitrogens with zero attached hydrogens (tertiary/aromatic N) is 2. The van der Waals surface area contributed by atoms with Crippen LogP contribution in [0.4, 0.5) is 5.69 Å². The molecule has 0 aliphatic carbocycles. The van der Waals surface area contributed by atoms with Gasteiger partial charge in [-0.15, -0.1) is 0 Å². The van der Waals surface area contributed by atoms with E-state index in [0.29, 0.717) is 17.7 Å². The van der Waals surface area contributed by atoms with E-state index in [1.165, 1.54) is 10.6 Å². The van der Waals surface area contributed by atoms with Crippen LogP contribution >= 0.6 is 0 Å². The van der Waals surface area contributed by atoms with E-state index in [1.54, 1.807) is 29.3 Å². The summed E-state index contributed by atoms with van der Waals surface area (Å²) in [7, 11) is 0. The van der Waals surface area contributed by atoms with Crippen molar-refractivity contribution in [2.45, 2.75) is 6.42 Å². The third-order valence-electron chi connectivity index (χ3n) is 3.88. The maximum atomic E-state index is 12.5. The Labute approximate surface area is 116 Å². The average molecular weight is 264 g/mol. The second kappa shape index (κ2) is 3.93. The Hall–Kier alpha value is -2.62. The second-order valence-corrected chi connectivity index (χ2v) is 4.97. The number of para-hydroxylation sites is 1. The van der Waals surface area contributed by atoms with Crippen molar-refractivity contribution >= 4 is 17.5 Å². The number of benzene rings is 2. The van der Waals surface area contributed by atoms with E-state index in [-0.39, 0.29) is 11.8 Å². The number of amides is 2. The zero-order valence-corrected chi connectivity index (χ0v) is 10.7. The van der Waals surface area contributed by atoms with Gasteiger partial charge in [0.15, 0.2) is 0 Å². The van der Waals surface area contributed by atoms with Crippen molar-refractivity contribution in [2.24, 2.45) is 0 Å². The fraction of sp³-hybridized carbons (Fsp3) is 0.125. The summed E-state index contributed by atoms with van der Waals surface area (Å²) in [5.74, 6) is -0.468.